The number of aromatic nitrogens is 1. The topological polar surface area (TPSA) is 48.1 Å². The van der Waals surface area contributed by atoms with E-state index < -0.39 is 0 Å². The van der Waals surface area contributed by atoms with Crippen LogP contribution in [0.5, 0.6) is 5.75 Å². The Morgan fingerprint density at radius 2 is 2.00 bits per heavy atom. The van der Waals surface area contributed by atoms with Crippen LogP contribution >= 0.6 is 11.3 Å². The summed E-state index contributed by atoms with van der Waals surface area (Å²) in [6.45, 7) is 5.19. The lowest BCUT2D eigenvalue weighted by Crippen LogP contribution is -1.95. The first-order valence-electron chi connectivity index (χ1n) is 6.10. The van der Waals surface area contributed by atoms with Crippen LogP contribution in [0.15, 0.2) is 24.3 Å². The van der Waals surface area contributed by atoms with Crippen molar-refractivity contribution in [1.29, 1.82) is 0 Å². The highest BCUT2D eigenvalue weighted by molar-refractivity contribution is 7.11. The summed E-state index contributed by atoms with van der Waals surface area (Å²) < 4.78 is 5.71. The van der Waals surface area contributed by atoms with Gasteiger partial charge in [-0.2, -0.15) is 0 Å². The first kappa shape index (κ1) is 13.1. The molecule has 2 aromatic rings. The normalized spacial score (nSPS) is 10.6. The van der Waals surface area contributed by atoms with Gasteiger partial charge in [-0.15, -0.1) is 11.3 Å². The molecular formula is C14H18N2OS. The predicted octanol–water partition coefficient (Wildman–Crippen LogP) is 3.05. The number of thiazole rings is 1. The molecule has 0 aliphatic heterocycles. The highest BCUT2D eigenvalue weighted by atomic mass is 32.1. The molecule has 4 heteroatoms. The number of hydrogen-bond acceptors (Lipinski definition) is 4. The molecule has 0 radical (unpaired) electrons. The van der Waals surface area contributed by atoms with Crippen LogP contribution in [0.2, 0.25) is 0 Å². The first-order chi connectivity index (χ1) is 8.72. The van der Waals surface area contributed by atoms with Crippen LogP contribution in [0.1, 0.15) is 28.1 Å². The van der Waals surface area contributed by atoms with Crippen molar-refractivity contribution in [3.05, 3.63) is 45.4 Å². The molecule has 0 saturated heterocycles. The molecule has 0 bridgehead atoms. The van der Waals surface area contributed by atoms with E-state index in [0.29, 0.717) is 13.2 Å². The third kappa shape index (κ3) is 3.09. The number of nitrogens with zero attached hydrogens (tertiary/aromatic N) is 1. The van der Waals surface area contributed by atoms with Gasteiger partial charge in [0.1, 0.15) is 17.4 Å². The summed E-state index contributed by atoms with van der Waals surface area (Å²) in [5.74, 6) is 0.884. The van der Waals surface area contributed by atoms with Gasteiger partial charge in [-0.3, -0.25) is 0 Å². The number of hydrogen-bond donors (Lipinski definition) is 1. The molecule has 0 fully saturated rings. The lowest BCUT2D eigenvalue weighted by molar-refractivity contribution is 0.305. The maximum atomic E-state index is 5.71. The second-order valence-corrected chi connectivity index (χ2v) is 5.27. The van der Waals surface area contributed by atoms with Crippen LogP contribution in [-0.4, -0.2) is 4.98 Å². The van der Waals surface area contributed by atoms with E-state index in [2.05, 4.69) is 24.0 Å². The first-order valence-corrected chi connectivity index (χ1v) is 6.91. The van der Waals surface area contributed by atoms with E-state index in [1.54, 1.807) is 11.3 Å². The van der Waals surface area contributed by atoms with Crippen molar-refractivity contribution in [3.63, 3.8) is 0 Å². The Morgan fingerprint density at radius 1 is 1.28 bits per heavy atom. The number of aryl methyl sites for hydroxylation is 2. The zero-order chi connectivity index (χ0) is 13.0. The summed E-state index contributed by atoms with van der Waals surface area (Å²) in [5.41, 5.74) is 7.97. The molecule has 2 N–H and O–H groups in total. The Hall–Kier alpha value is -1.39. The Kier molecular flexibility index (Phi) is 4.33. The Bertz CT molecular complexity index is 505. The lowest BCUT2D eigenvalue weighted by atomic mass is 10.2. The third-order valence-corrected chi connectivity index (χ3v) is 3.97. The van der Waals surface area contributed by atoms with Gasteiger partial charge in [0.05, 0.1) is 5.69 Å². The van der Waals surface area contributed by atoms with E-state index in [4.69, 9.17) is 10.5 Å². The van der Waals surface area contributed by atoms with Crippen molar-refractivity contribution in [2.75, 3.05) is 0 Å². The number of rotatable bonds is 5. The van der Waals surface area contributed by atoms with Crippen LogP contribution in [-0.2, 0) is 19.6 Å². The molecule has 0 aliphatic rings. The summed E-state index contributed by atoms with van der Waals surface area (Å²) in [5, 5.41) is 0.979. The Morgan fingerprint density at radius 3 is 2.56 bits per heavy atom. The van der Waals surface area contributed by atoms with E-state index in [1.165, 1.54) is 5.56 Å². The van der Waals surface area contributed by atoms with Gasteiger partial charge in [-0.1, -0.05) is 19.1 Å². The molecule has 96 valence electrons. The number of benzene rings is 1. The van der Waals surface area contributed by atoms with E-state index >= 15 is 0 Å². The predicted molar refractivity (Wildman–Crippen MR) is 74.9 cm³/mol. The quantitative estimate of drug-likeness (QED) is 0.901. The van der Waals surface area contributed by atoms with Crippen molar-refractivity contribution in [3.8, 4) is 5.75 Å². The van der Waals surface area contributed by atoms with Gasteiger partial charge in [-0.05, 0) is 31.0 Å². The minimum atomic E-state index is 0.511. The van der Waals surface area contributed by atoms with Gasteiger partial charge in [0.25, 0.3) is 0 Å². The fraction of sp³-hybridized carbons (Fsp3) is 0.357. The third-order valence-electron chi connectivity index (χ3n) is 2.82. The minimum Gasteiger partial charge on any atom is -0.486 e. The molecule has 0 unspecified atom stereocenters. The monoisotopic (exact) mass is 262 g/mol. The Balaban J connectivity index is 1.97. The minimum absolute atomic E-state index is 0.511. The van der Waals surface area contributed by atoms with Gasteiger partial charge in [-0.25, -0.2) is 4.98 Å². The molecule has 0 saturated carbocycles. The average Bonchev–Trinajstić information content (AvgIpc) is 2.77. The zero-order valence-electron chi connectivity index (χ0n) is 10.8. The summed E-state index contributed by atoms with van der Waals surface area (Å²) in [6, 6.07) is 8.19. The molecule has 0 spiro atoms. The molecule has 0 amide bonds. The summed E-state index contributed by atoms with van der Waals surface area (Å²) in [7, 11) is 0. The van der Waals surface area contributed by atoms with E-state index in [0.717, 1.165) is 27.7 Å². The average molecular weight is 262 g/mol. The van der Waals surface area contributed by atoms with Gasteiger partial charge in [0.2, 0.25) is 0 Å². The zero-order valence-corrected chi connectivity index (χ0v) is 11.6. The van der Waals surface area contributed by atoms with Crippen LogP contribution in [0.4, 0.5) is 0 Å². The largest absolute Gasteiger partial charge is 0.486 e. The molecular weight excluding hydrogens is 244 g/mol. The van der Waals surface area contributed by atoms with Crippen molar-refractivity contribution in [1.82, 2.24) is 4.98 Å². The van der Waals surface area contributed by atoms with Crippen molar-refractivity contribution < 1.29 is 4.74 Å². The maximum absolute atomic E-state index is 5.71. The summed E-state index contributed by atoms with van der Waals surface area (Å²) in [6.07, 6.45) is 1.05. The Labute approximate surface area is 112 Å². The standard InChI is InChI=1S/C14H18N2OS/c1-3-11-4-6-12(7-5-11)17-9-14-16-10(2)13(8-15)18-14/h4-7H,3,8-9,15H2,1-2H3. The molecule has 0 atom stereocenters. The lowest BCUT2D eigenvalue weighted by Gasteiger charge is -2.04. The fourth-order valence-electron chi connectivity index (χ4n) is 1.71. The van der Waals surface area contributed by atoms with Crippen LogP contribution in [0, 0.1) is 6.92 Å². The van der Waals surface area contributed by atoms with Gasteiger partial charge in [0.15, 0.2) is 0 Å². The van der Waals surface area contributed by atoms with E-state index in [-0.39, 0.29) is 0 Å². The maximum Gasteiger partial charge on any atom is 0.140 e. The highest BCUT2D eigenvalue weighted by Gasteiger charge is 2.06. The second kappa shape index (κ2) is 5.98. The smallest absolute Gasteiger partial charge is 0.140 e. The highest BCUT2D eigenvalue weighted by Crippen LogP contribution is 2.20. The number of ether oxygens (including phenoxy) is 1. The molecule has 2 rings (SSSR count). The van der Waals surface area contributed by atoms with Crippen molar-refractivity contribution in [2.24, 2.45) is 5.73 Å². The molecule has 18 heavy (non-hydrogen) atoms. The fourth-order valence-corrected chi connectivity index (χ4v) is 2.57. The molecule has 3 nitrogen and oxygen atoms in total. The molecule has 1 aromatic heterocycles. The van der Waals surface area contributed by atoms with Crippen LogP contribution < -0.4 is 10.5 Å². The molecule has 1 heterocycles. The van der Waals surface area contributed by atoms with Gasteiger partial charge >= 0.3 is 0 Å². The second-order valence-electron chi connectivity index (χ2n) is 4.11. The molecule has 1 aromatic carbocycles. The summed E-state index contributed by atoms with van der Waals surface area (Å²) >= 11 is 1.63. The summed E-state index contributed by atoms with van der Waals surface area (Å²) in [4.78, 5) is 5.58. The van der Waals surface area contributed by atoms with Crippen LogP contribution in [0.3, 0.4) is 0 Å². The van der Waals surface area contributed by atoms with Crippen molar-refractivity contribution in [2.45, 2.75) is 33.4 Å². The van der Waals surface area contributed by atoms with Crippen LogP contribution in [0.25, 0.3) is 0 Å². The number of nitrogens with two attached hydrogens (primary N) is 1. The van der Waals surface area contributed by atoms with E-state index in [9.17, 15) is 0 Å². The molecule has 0 aliphatic carbocycles. The van der Waals surface area contributed by atoms with Gasteiger partial charge in [0, 0.05) is 11.4 Å². The SMILES string of the molecule is CCc1ccc(OCc2nc(C)c(CN)s2)cc1. The van der Waals surface area contributed by atoms with Crippen molar-refractivity contribution >= 4 is 11.3 Å². The van der Waals surface area contributed by atoms with Gasteiger partial charge < -0.3 is 10.5 Å². The van der Waals surface area contributed by atoms with E-state index in [1.807, 2.05) is 19.1 Å².